The SMILES string of the molecule is CSc1cccc(-n2ccnc2SCC(=O)O)c1. The second-order valence-corrected chi connectivity index (χ2v) is 5.29. The molecule has 1 N–H and O–H groups in total. The molecule has 0 fully saturated rings. The van der Waals surface area contributed by atoms with E-state index in [1.165, 1.54) is 11.8 Å². The highest BCUT2D eigenvalue weighted by atomic mass is 32.2. The Bertz CT molecular complexity index is 555. The largest absolute Gasteiger partial charge is 0.481 e. The number of aliphatic carboxylic acids is 1. The Balaban J connectivity index is 2.27. The van der Waals surface area contributed by atoms with Gasteiger partial charge in [-0.25, -0.2) is 4.98 Å². The van der Waals surface area contributed by atoms with Gasteiger partial charge in [0.2, 0.25) is 0 Å². The maximum atomic E-state index is 10.6. The predicted octanol–water partition coefficient (Wildman–Crippen LogP) is 2.77. The highest BCUT2D eigenvalue weighted by Gasteiger charge is 2.08. The first-order valence-corrected chi connectivity index (χ1v) is 7.44. The van der Waals surface area contributed by atoms with Crippen molar-refractivity contribution in [1.29, 1.82) is 0 Å². The zero-order chi connectivity index (χ0) is 13.0. The fourth-order valence-corrected chi connectivity index (χ4v) is 2.63. The summed E-state index contributed by atoms with van der Waals surface area (Å²) in [4.78, 5) is 15.9. The molecule has 4 nitrogen and oxygen atoms in total. The molecule has 0 amide bonds. The minimum absolute atomic E-state index is 0.0131. The fourth-order valence-electron chi connectivity index (χ4n) is 1.48. The van der Waals surface area contributed by atoms with E-state index in [9.17, 15) is 4.79 Å². The van der Waals surface area contributed by atoms with Gasteiger partial charge in [0.15, 0.2) is 5.16 Å². The summed E-state index contributed by atoms with van der Waals surface area (Å²) in [5.74, 6) is -0.827. The van der Waals surface area contributed by atoms with E-state index in [4.69, 9.17) is 5.11 Å². The van der Waals surface area contributed by atoms with E-state index in [-0.39, 0.29) is 5.75 Å². The van der Waals surface area contributed by atoms with Crippen molar-refractivity contribution in [2.24, 2.45) is 0 Å². The lowest BCUT2D eigenvalue weighted by Gasteiger charge is -2.07. The summed E-state index contributed by atoms with van der Waals surface area (Å²) in [6.45, 7) is 0. The van der Waals surface area contributed by atoms with Crippen LogP contribution in [0.2, 0.25) is 0 Å². The van der Waals surface area contributed by atoms with Crippen molar-refractivity contribution in [3.05, 3.63) is 36.7 Å². The Morgan fingerprint density at radius 2 is 2.33 bits per heavy atom. The van der Waals surface area contributed by atoms with E-state index in [0.717, 1.165) is 10.6 Å². The molecule has 0 bridgehead atoms. The molecule has 0 aliphatic heterocycles. The van der Waals surface area contributed by atoms with Crippen LogP contribution >= 0.6 is 23.5 Å². The lowest BCUT2D eigenvalue weighted by molar-refractivity contribution is -0.133. The second kappa shape index (κ2) is 5.97. The minimum atomic E-state index is -0.840. The molecule has 0 saturated carbocycles. The number of carboxylic acids is 1. The lowest BCUT2D eigenvalue weighted by atomic mass is 10.3. The highest BCUT2D eigenvalue weighted by molar-refractivity contribution is 7.99. The van der Waals surface area contributed by atoms with Gasteiger partial charge in [-0.1, -0.05) is 17.8 Å². The number of benzene rings is 1. The molecule has 0 spiro atoms. The van der Waals surface area contributed by atoms with Crippen molar-refractivity contribution < 1.29 is 9.90 Å². The first-order valence-electron chi connectivity index (χ1n) is 5.23. The number of rotatable bonds is 5. The van der Waals surface area contributed by atoms with Crippen LogP contribution in [0.1, 0.15) is 0 Å². The van der Waals surface area contributed by atoms with Crippen molar-refractivity contribution in [2.75, 3.05) is 12.0 Å². The molecule has 1 aromatic heterocycles. The van der Waals surface area contributed by atoms with Crippen molar-refractivity contribution in [3.8, 4) is 5.69 Å². The van der Waals surface area contributed by atoms with Crippen LogP contribution in [0.3, 0.4) is 0 Å². The van der Waals surface area contributed by atoms with E-state index in [0.29, 0.717) is 5.16 Å². The van der Waals surface area contributed by atoms with Gasteiger partial charge in [0.25, 0.3) is 0 Å². The molecular weight excluding hydrogens is 268 g/mol. The molecule has 94 valence electrons. The standard InChI is InChI=1S/C12H12N2O2S2/c1-17-10-4-2-3-9(7-10)14-6-5-13-12(14)18-8-11(15)16/h2-7H,8H2,1H3,(H,15,16). The second-order valence-electron chi connectivity index (χ2n) is 3.46. The number of carboxylic acid groups (broad SMARTS) is 1. The Kier molecular flexibility index (Phi) is 4.33. The zero-order valence-electron chi connectivity index (χ0n) is 9.74. The van der Waals surface area contributed by atoms with Crippen molar-refractivity contribution >= 4 is 29.5 Å². The number of hydrogen-bond acceptors (Lipinski definition) is 4. The van der Waals surface area contributed by atoms with Crippen molar-refractivity contribution in [3.63, 3.8) is 0 Å². The van der Waals surface area contributed by atoms with E-state index < -0.39 is 5.97 Å². The molecule has 1 aromatic carbocycles. The minimum Gasteiger partial charge on any atom is -0.481 e. The number of carbonyl (C=O) groups is 1. The summed E-state index contributed by atoms with van der Waals surface area (Å²) < 4.78 is 1.90. The number of thioether (sulfide) groups is 2. The van der Waals surface area contributed by atoms with Gasteiger partial charge >= 0.3 is 5.97 Å². The average Bonchev–Trinajstić information content (AvgIpc) is 2.84. The van der Waals surface area contributed by atoms with Gasteiger partial charge in [-0.15, -0.1) is 11.8 Å². The van der Waals surface area contributed by atoms with Crippen LogP contribution in [0.5, 0.6) is 0 Å². The molecule has 1 heterocycles. The smallest absolute Gasteiger partial charge is 0.313 e. The third-order valence-corrected chi connectivity index (χ3v) is 3.94. The van der Waals surface area contributed by atoms with E-state index in [2.05, 4.69) is 11.1 Å². The Morgan fingerprint density at radius 3 is 3.06 bits per heavy atom. The third-order valence-electron chi connectivity index (χ3n) is 2.26. The predicted molar refractivity (Wildman–Crippen MR) is 73.7 cm³/mol. The van der Waals surface area contributed by atoms with Gasteiger partial charge in [0, 0.05) is 23.0 Å². The molecule has 2 aromatic rings. The van der Waals surface area contributed by atoms with Crippen LogP contribution in [0, 0.1) is 0 Å². The lowest BCUT2D eigenvalue weighted by Crippen LogP contribution is -2.01. The van der Waals surface area contributed by atoms with Crippen molar-refractivity contribution in [1.82, 2.24) is 9.55 Å². The maximum absolute atomic E-state index is 10.6. The van der Waals surface area contributed by atoms with Gasteiger partial charge in [0.1, 0.15) is 0 Å². The first-order chi connectivity index (χ1) is 8.70. The third kappa shape index (κ3) is 3.08. The number of hydrogen-bond donors (Lipinski definition) is 1. The summed E-state index contributed by atoms with van der Waals surface area (Å²) >= 11 is 2.89. The van der Waals surface area contributed by atoms with Gasteiger partial charge < -0.3 is 5.11 Å². The Labute approximate surface area is 113 Å². The topological polar surface area (TPSA) is 55.1 Å². The summed E-state index contributed by atoms with van der Waals surface area (Å²) in [5.41, 5.74) is 0.993. The van der Waals surface area contributed by atoms with Crippen LogP contribution in [-0.4, -0.2) is 32.6 Å². The van der Waals surface area contributed by atoms with Crippen LogP contribution in [0.25, 0.3) is 5.69 Å². The summed E-state index contributed by atoms with van der Waals surface area (Å²) in [6, 6.07) is 8.05. The van der Waals surface area contributed by atoms with Gasteiger partial charge in [-0.05, 0) is 24.5 Å². The fraction of sp³-hybridized carbons (Fsp3) is 0.167. The monoisotopic (exact) mass is 280 g/mol. The van der Waals surface area contributed by atoms with Crippen LogP contribution in [0.4, 0.5) is 0 Å². The highest BCUT2D eigenvalue weighted by Crippen LogP contribution is 2.23. The quantitative estimate of drug-likeness (QED) is 0.853. The molecule has 2 rings (SSSR count). The zero-order valence-corrected chi connectivity index (χ0v) is 11.4. The number of nitrogens with zero attached hydrogens (tertiary/aromatic N) is 2. The van der Waals surface area contributed by atoms with Crippen LogP contribution in [-0.2, 0) is 4.79 Å². The molecule has 0 saturated heterocycles. The normalized spacial score (nSPS) is 10.5. The summed E-state index contributed by atoms with van der Waals surface area (Å²) in [5, 5.41) is 9.39. The molecule has 6 heteroatoms. The van der Waals surface area contributed by atoms with E-state index in [1.807, 2.05) is 35.2 Å². The molecule has 0 aliphatic rings. The Morgan fingerprint density at radius 1 is 1.50 bits per heavy atom. The van der Waals surface area contributed by atoms with Gasteiger partial charge in [0.05, 0.1) is 5.75 Å². The van der Waals surface area contributed by atoms with Gasteiger partial charge in [-0.3, -0.25) is 9.36 Å². The summed E-state index contributed by atoms with van der Waals surface area (Å²) in [7, 11) is 0. The first kappa shape index (κ1) is 13.0. The van der Waals surface area contributed by atoms with Crippen molar-refractivity contribution in [2.45, 2.75) is 10.1 Å². The number of imidazole rings is 1. The van der Waals surface area contributed by atoms with Crippen LogP contribution < -0.4 is 0 Å². The average molecular weight is 280 g/mol. The number of aromatic nitrogens is 2. The van der Waals surface area contributed by atoms with E-state index in [1.54, 1.807) is 18.0 Å². The Hall–Kier alpha value is -1.40. The maximum Gasteiger partial charge on any atom is 0.313 e. The molecule has 0 unspecified atom stereocenters. The summed E-state index contributed by atoms with van der Waals surface area (Å²) in [6.07, 6.45) is 5.53. The molecular formula is C12H12N2O2S2. The van der Waals surface area contributed by atoms with Gasteiger partial charge in [-0.2, -0.15) is 0 Å². The molecule has 18 heavy (non-hydrogen) atoms. The van der Waals surface area contributed by atoms with E-state index >= 15 is 0 Å². The molecule has 0 radical (unpaired) electrons. The van der Waals surface area contributed by atoms with Crippen LogP contribution in [0.15, 0.2) is 46.7 Å². The molecule has 0 aliphatic carbocycles. The molecule has 0 atom stereocenters.